The number of aliphatic hydroxyl groups is 1. The van der Waals surface area contributed by atoms with Crippen molar-refractivity contribution in [2.75, 3.05) is 19.8 Å². The summed E-state index contributed by atoms with van der Waals surface area (Å²) in [6.45, 7) is 7.29. The van der Waals surface area contributed by atoms with Crippen LogP contribution in [0.5, 0.6) is 0 Å². The third-order valence-corrected chi connectivity index (χ3v) is 9.33. The third-order valence-electron chi connectivity index (χ3n) is 9.33. The van der Waals surface area contributed by atoms with Gasteiger partial charge in [0.2, 0.25) is 11.8 Å². The molecule has 0 spiro atoms. The molecule has 1 aromatic carbocycles. The van der Waals surface area contributed by atoms with E-state index in [4.69, 9.17) is 18.9 Å². The molecule has 3 N–H and O–H groups in total. The predicted octanol–water partition coefficient (Wildman–Crippen LogP) is 6.41. The summed E-state index contributed by atoms with van der Waals surface area (Å²) in [7, 11) is 0. The number of unbranched alkanes of at least 4 members (excludes halogenated alkanes) is 4. The second kappa shape index (κ2) is 22.8. The Balaban J connectivity index is 1.70. The van der Waals surface area contributed by atoms with Gasteiger partial charge < -0.3 is 39.4 Å². The minimum absolute atomic E-state index is 0.00346. The van der Waals surface area contributed by atoms with Crippen LogP contribution in [0.15, 0.2) is 42.0 Å². The van der Waals surface area contributed by atoms with Gasteiger partial charge in [-0.25, -0.2) is 9.59 Å². The molecule has 1 saturated heterocycles. The van der Waals surface area contributed by atoms with Crippen LogP contribution < -0.4 is 10.6 Å². The Bertz CT molecular complexity index is 1580. The first kappa shape index (κ1) is 48.1. The maximum Gasteiger partial charge on any atom is 0.422 e. The molecule has 4 unspecified atom stereocenters. The fourth-order valence-corrected chi connectivity index (χ4v) is 6.50. The number of esters is 3. The number of hydrogen-bond acceptors (Lipinski definition) is 11. The molecule has 16 heteroatoms. The summed E-state index contributed by atoms with van der Waals surface area (Å²) in [5.74, 6) is -4.20. The number of carbonyl (C=O) groups excluding carboxylic acids is 5. The second-order valence-corrected chi connectivity index (χ2v) is 15.6. The molecule has 1 aliphatic carbocycles. The van der Waals surface area contributed by atoms with E-state index in [9.17, 15) is 42.3 Å². The Kier molecular flexibility index (Phi) is 18.9. The number of alkyl halides is 3. The molecule has 0 radical (unpaired) electrons. The molecular formula is C42H59F3N2O11. The van der Waals surface area contributed by atoms with Crippen molar-refractivity contribution in [1.82, 2.24) is 10.6 Å². The van der Waals surface area contributed by atoms with Crippen LogP contribution in [-0.2, 0) is 42.9 Å². The highest BCUT2D eigenvalue weighted by Crippen LogP contribution is 2.43. The van der Waals surface area contributed by atoms with Crippen molar-refractivity contribution in [3.8, 4) is 0 Å². The molecular weight excluding hydrogens is 765 g/mol. The van der Waals surface area contributed by atoms with E-state index >= 15 is 0 Å². The van der Waals surface area contributed by atoms with Gasteiger partial charge in [-0.2, -0.15) is 13.2 Å². The SMILES string of the molecule is CCCCCC1(CCCCC)OC2C=C(C(=O)NCCC(=O)NC(CO)CCC(=O)OC(C)(C)C)CC(OC(=O)c3ccc(C=CC(=O)OCC(F)(F)F)cc3)C2O1. The van der Waals surface area contributed by atoms with Gasteiger partial charge in [0.05, 0.1) is 18.2 Å². The van der Waals surface area contributed by atoms with Crippen LogP contribution in [0, 0.1) is 0 Å². The average Bonchev–Trinajstić information content (AvgIpc) is 3.52. The number of fused-ring (bicyclic) bond motifs is 1. The highest BCUT2D eigenvalue weighted by Gasteiger charge is 2.52. The van der Waals surface area contributed by atoms with Gasteiger partial charge in [-0.05, 0) is 69.9 Å². The topological polar surface area (TPSA) is 176 Å². The first-order valence-corrected chi connectivity index (χ1v) is 20.0. The average molecular weight is 825 g/mol. The van der Waals surface area contributed by atoms with E-state index in [-0.39, 0.29) is 50.0 Å². The lowest BCUT2D eigenvalue weighted by Gasteiger charge is -2.31. The quantitative estimate of drug-likeness (QED) is 0.0510. The van der Waals surface area contributed by atoms with Crippen molar-refractivity contribution in [3.63, 3.8) is 0 Å². The normalized spacial score (nSPS) is 19.5. The van der Waals surface area contributed by atoms with E-state index in [0.29, 0.717) is 18.4 Å². The van der Waals surface area contributed by atoms with Gasteiger partial charge in [0.1, 0.15) is 23.9 Å². The Morgan fingerprint density at radius 3 is 2.21 bits per heavy atom. The van der Waals surface area contributed by atoms with E-state index in [1.807, 2.05) is 0 Å². The molecule has 2 aliphatic rings. The molecule has 0 saturated carbocycles. The van der Waals surface area contributed by atoms with Crippen LogP contribution in [0.3, 0.4) is 0 Å². The number of amides is 2. The molecule has 1 fully saturated rings. The van der Waals surface area contributed by atoms with Gasteiger partial charge in [0, 0.05) is 50.3 Å². The molecule has 58 heavy (non-hydrogen) atoms. The molecule has 4 atom stereocenters. The monoisotopic (exact) mass is 824 g/mol. The minimum Gasteiger partial charge on any atom is -0.460 e. The van der Waals surface area contributed by atoms with E-state index in [2.05, 4.69) is 29.2 Å². The van der Waals surface area contributed by atoms with E-state index in [1.54, 1.807) is 26.8 Å². The molecule has 1 aliphatic heterocycles. The number of halogens is 3. The fraction of sp³-hybridized carbons (Fsp3) is 0.643. The summed E-state index contributed by atoms with van der Waals surface area (Å²) in [6, 6.07) is 5.15. The molecule has 0 aromatic heterocycles. The van der Waals surface area contributed by atoms with Crippen LogP contribution in [0.2, 0.25) is 0 Å². The lowest BCUT2D eigenvalue weighted by Crippen LogP contribution is -2.44. The van der Waals surface area contributed by atoms with Gasteiger partial charge in [-0.1, -0.05) is 51.7 Å². The van der Waals surface area contributed by atoms with Crippen molar-refractivity contribution in [1.29, 1.82) is 0 Å². The summed E-state index contributed by atoms with van der Waals surface area (Å²) >= 11 is 0. The van der Waals surface area contributed by atoms with Gasteiger partial charge in [-0.3, -0.25) is 14.4 Å². The largest absolute Gasteiger partial charge is 0.460 e. The zero-order valence-electron chi connectivity index (χ0n) is 34.1. The lowest BCUT2D eigenvalue weighted by atomic mass is 9.91. The van der Waals surface area contributed by atoms with Crippen LogP contribution >= 0.6 is 0 Å². The number of ether oxygens (including phenoxy) is 5. The first-order valence-electron chi connectivity index (χ1n) is 20.0. The molecule has 3 rings (SSSR count). The summed E-state index contributed by atoms with van der Waals surface area (Å²) in [5.41, 5.74) is 0.180. The Morgan fingerprint density at radius 2 is 1.62 bits per heavy atom. The standard InChI is InChI=1S/C42H59F3N2O11/c1-6-8-10-21-41(22-11-9-7-2)56-33-25-30(38(52)46-23-20-34(49)47-31(26-48)17-19-36(51)57-40(3,4)5)24-32(37(33)58-41)55-39(53)29-15-12-28(13-16-29)14-18-35(50)54-27-42(43,44)45/h12-16,18,25,31-33,37,48H,6-11,17,19-24,26-27H2,1-5H3,(H,46,52)(H,47,49). The molecule has 2 amide bonds. The van der Waals surface area contributed by atoms with Crippen LogP contribution in [0.25, 0.3) is 6.08 Å². The van der Waals surface area contributed by atoms with Crippen LogP contribution in [0.4, 0.5) is 13.2 Å². The van der Waals surface area contributed by atoms with Crippen molar-refractivity contribution >= 4 is 35.8 Å². The highest BCUT2D eigenvalue weighted by molar-refractivity contribution is 5.94. The zero-order chi connectivity index (χ0) is 42.9. The summed E-state index contributed by atoms with van der Waals surface area (Å²) in [5, 5.41) is 15.2. The van der Waals surface area contributed by atoms with Crippen LogP contribution in [0.1, 0.15) is 128 Å². The second-order valence-electron chi connectivity index (χ2n) is 15.6. The maximum absolute atomic E-state index is 13.5. The summed E-state index contributed by atoms with van der Waals surface area (Å²) in [6.07, 6.45) is 3.70. The first-order chi connectivity index (χ1) is 27.4. The smallest absolute Gasteiger partial charge is 0.422 e. The molecule has 1 aromatic rings. The number of carbonyl (C=O) groups is 5. The van der Waals surface area contributed by atoms with Crippen LogP contribution in [-0.4, -0.2) is 96.5 Å². The highest BCUT2D eigenvalue weighted by atomic mass is 19.4. The van der Waals surface area contributed by atoms with Crippen molar-refractivity contribution in [2.24, 2.45) is 0 Å². The van der Waals surface area contributed by atoms with Crippen molar-refractivity contribution in [2.45, 2.75) is 154 Å². The molecule has 0 bridgehead atoms. The molecule has 324 valence electrons. The summed E-state index contributed by atoms with van der Waals surface area (Å²) in [4.78, 5) is 63.4. The van der Waals surface area contributed by atoms with Gasteiger partial charge in [0.25, 0.3) is 0 Å². The van der Waals surface area contributed by atoms with Crippen molar-refractivity contribution < 1.29 is 65.9 Å². The maximum atomic E-state index is 13.5. The number of rotatable bonds is 22. The summed E-state index contributed by atoms with van der Waals surface area (Å²) < 4.78 is 65.7. The number of nitrogens with one attached hydrogen (secondary N) is 2. The van der Waals surface area contributed by atoms with E-state index in [1.165, 1.54) is 30.3 Å². The van der Waals surface area contributed by atoms with Gasteiger partial charge >= 0.3 is 24.1 Å². The van der Waals surface area contributed by atoms with Crippen molar-refractivity contribution in [3.05, 3.63) is 53.1 Å². The third kappa shape index (κ3) is 16.9. The van der Waals surface area contributed by atoms with E-state index in [0.717, 1.165) is 44.6 Å². The Morgan fingerprint density at radius 1 is 0.966 bits per heavy atom. The molecule has 1 heterocycles. The lowest BCUT2D eigenvalue weighted by molar-refractivity contribution is -0.190. The number of benzene rings is 1. The molecule has 13 nitrogen and oxygen atoms in total. The zero-order valence-corrected chi connectivity index (χ0v) is 34.1. The minimum atomic E-state index is -4.65. The number of hydrogen-bond donors (Lipinski definition) is 3. The Labute approximate surface area is 338 Å². The van der Waals surface area contributed by atoms with E-state index < -0.39 is 78.2 Å². The predicted molar refractivity (Wildman–Crippen MR) is 207 cm³/mol. The number of aliphatic hydroxyl groups excluding tert-OH is 1. The Hall–Kier alpha value is -4.28. The van der Waals surface area contributed by atoms with Gasteiger partial charge in [-0.15, -0.1) is 0 Å². The fourth-order valence-electron chi connectivity index (χ4n) is 6.50. The van der Waals surface area contributed by atoms with Gasteiger partial charge in [0.15, 0.2) is 12.4 Å².